The summed E-state index contributed by atoms with van der Waals surface area (Å²) in [5.41, 5.74) is 0.470. The molecule has 23 heavy (non-hydrogen) atoms. The van der Waals surface area contributed by atoms with Crippen LogP contribution in [0.4, 0.5) is 0 Å². The van der Waals surface area contributed by atoms with E-state index in [2.05, 4.69) is 4.98 Å². The first-order chi connectivity index (χ1) is 10.9. The summed E-state index contributed by atoms with van der Waals surface area (Å²) in [5, 5.41) is 0.606. The minimum Gasteiger partial charge on any atom is -0.341 e. The van der Waals surface area contributed by atoms with E-state index in [1.807, 2.05) is 30.3 Å². The van der Waals surface area contributed by atoms with Crippen LogP contribution in [0.1, 0.15) is 10.4 Å². The van der Waals surface area contributed by atoms with E-state index in [4.69, 9.17) is 0 Å². The summed E-state index contributed by atoms with van der Waals surface area (Å²) in [7, 11) is -1.51. The summed E-state index contributed by atoms with van der Waals surface area (Å²) in [6.07, 6.45) is 2.80. The fraction of sp³-hybridized carbons (Fsp3) is 0.250. The van der Waals surface area contributed by atoms with Crippen molar-refractivity contribution in [3.8, 4) is 0 Å². The van der Waals surface area contributed by atoms with Gasteiger partial charge in [0, 0.05) is 30.9 Å². The molecule has 1 amide bonds. The molecule has 5 nitrogen and oxygen atoms in total. The van der Waals surface area contributed by atoms with Crippen molar-refractivity contribution in [3.63, 3.8) is 0 Å². The lowest BCUT2D eigenvalue weighted by molar-refractivity contribution is 0.0799. The number of nitrogens with zero attached hydrogens (tertiary/aromatic N) is 2. The minimum atomic E-state index is -3.11. The predicted octanol–water partition coefficient (Wildman–Crippen LogP) is 2.35. The van der Waals surface area contributed by atoms with Crippen molar-refractivity contribution in [2.45, 2.75) is 9.92 Å². The average Bonchev–Trinajstić information content (AvgIpc) is 2.53. The molecule has 0 fully saturated rings. The number of hydrogen-bond acceptors (Lipinski definition) is 5. The Hall–Kier alpha value is -1.86. The van der Waals surface area contributed by atoms with Crippen LogP contribution in [0.15, 0.2) is 58.6 Å². The number of pyridine rings is 1. The first-order valence-electron chi connectivity index (χ1n) is 6.98. The van der Waals surface area contributed by atoms with Gasteiger partial charge in [-0.3, -0.25) is 4.79 Å². The van der Waals surface area contributed by atoms with Crippen LogP contribution in [0.2, 0.25) is 0 Å². The Morgan fingerprint density at radius 3 is 2.52 bits per heavy atom. The molecular formula is C16H18N2O3S2. The van der Waals surface area contributed by atoms with E-state index in [0.29, 0.717) is 10.6 Å². The fourth-order valence-corrected chi connectivity index (χ4v) is 3.35. The highest BCUT2D eigenvalue weighted by Gasteiger charge is 2.18. The molecule has 0 N–H and O–H groups in total. The van der Waals surface area contributed by atoms with Crippen LogP contribution in [0, 0.1) is 0 Å². The van der Waals surface area contributed by atoms with Gasteiger partial charge in [0.25, 0.3) is 5.91 Å². The molecule has 1 aromatic carbocycles. The van der Waals surface area contributed by atoms with Crippen LogP contribution >= 0.6 is 11.8 Å². The van der Waals surface area contributed by atoms with Crippen molar-refractivity contribution in [1.82, 2.24) is 9.88 Å². The van der Waals surface area contributed by atoms with E-state index in [1.165, 1.54) is 16.7 Å². The van der Waals surface area contributed by atoms with E-state index in [1.54, 1.807) is 25.4 Å². The highest BCUT2D eigenvalue weighted by molar-refractivity contribution is 7.99. The molecule has 0 aliphatic rings. The Morgan fingerprint density at radius 1 is 1.17 bits per heavy atom. The molecule has 0 spiro atoms. The molecule has 7 heteroatoms. The lowest BCUT2D eigenvalue weighted by Gasteiger charge is -2.18. The van der Waals surface area contributed by atoms with Crippen molar-refractivity contribution in [3.05, 3.63) is 54.2 Å². The van der Waals surface area contributed by atoms with Gasteiger partial charge in [0.15, 0.2) is 0 Å². The van der Waals surface area contributed by atoms with E-state index in [-0.39, 0.29) is 18.2 Å². The maximum atomic E-state index is 12.6. The number of rotatable bonds is 6. The standard InChI is InChI=1S/C16H18N2O3S2/c1-18(11-12-23(2,20)21)16(19)14-9-6-10-17-15(14)22-13-7-4-3-5-8-13/h3-10H,11-12H2,1-2H3. The molecular weight excluding hydrogens is 332 g/mol. The molecule has 1 aromatic heterocycles. The molecule has 0 aliphatic carbocycles. The quantitative estimate of drug-likeness (QED) is 0.800. The summed E-state index contributed by atoms with van der Waals surface area (Å²) in [4.78, 5) is 19.2. The fourth-order valence-electron chi connectivity index (χ4n) is 1.85. The Balaban J connectivity index is 2.17. The van der Waals surface area contributed by atoms with Crippen molar-refractivity contribution in [2.24, 2.45) is 0 Å². The van der Waals surface area contributed by atoms with E-state index in [9.17, 15) is 13.2 Å². The van der Waals surface area contributed by atoms with E-state index < -0.39 is 9.84 Å². The van der Waals surface area contributed by atoms with Gasteiger partial charge in [-0.25, -0.2) is 13.4 Å². The molecule has 0 bridgehead atoms. The van der Waals surface area contributed by atoms with Crippen molar-refractivity contribution in [1.29, 1.82) is 0 Å². The van der Waals surface area contributed by atoms with Crippen molar-refractivity contribution < 1.29 is 13.2 Å². The molecule has 122 valence electrons. The van der Waals surface area contributed by atoms with Gasteiger partial charge in [-0.05, 0) is 24.3 Å². The molecule has 1 heterocycles. The van der Waals surface area contributed by atoms with Crippen LogP contribution in [0.5, 0.6) is 0 Å². The number of aromatic nitrogens is 1. The normalized spacial score (nSPS) is 11.2. The van der Waals surface area contributed by atoms with Gasteiger partial charge in [-0.1, -0.05) is 30.0 Å². The highest BCUT2D eigenvalue weighted by Crippen LogP contribution is 2.28. The van der Waals surface area contributed by atoms with E-state index in [0.717, 1.165) is 11.2 Å². The van der Waals surface area contributed by atoms with Gasteiger partial charge >= 0.3 is 0 Å². The SMILES string of the molecule is CN(CCS(C)(=O)=O)C(=O)c1cccnc1Sc1ccccc1. The Bertz CT molecular complexity index is 777. The topological polar surface area (TPSA) is 67.3 Å². The van der Waals surface area contributed by atoms with E-state index >= 15 is 0 Å². The molecule has 2 rings (SSSR count). The summed E-state index contributed by atoms with van der Waals surface area (Å²) < 4.78 is 22.5. The van der Waals surface area contributed by atoms with Crippen LogP contribution in [-0.4, -0.2) is 49.8 Å². The summed E-state index contributed by atoms with van der Waals surface area (Å²) in [5.74, 6) is -0.295. The molecule has 0 unspecified atom stereocenters. The first-order valence-corrected chi connectivity index (χ1v) is 9.85. The largest absolute Gasteiger partial charge is 0.341 e. The summed E-state index contributed by atoms with van der Waals surface area (Å²) in [6, 6.07) is 13.1. The summed E-state index contributed by atoms with van der Waals surface area (Å²) in [6.45, 7) is 0.155. The number of sulfone groups is 1. The lowest BCUT2D eigenvalue weighted by atomic mass is 10.2. The van der Waals surface area contributed by atoms with Crippen LogP contribution in [-0.2, 0) is 9.84 Å². The second-order valence-corrected chi connectivity index (χ2v) is 8.45. The van der Waals surface area contributed by atoms with Gasteiger partial charge < -0.3 is 4.90 Å². The minimum absolute atomic E-state index is 0.0589. The smallest absolute Gasteiger partial charge is 0.256 e. The average molecular weight is 350 g/mol. The number of carbonyl (C=O) groups is 1. The van der Waals surface area contributed by atoms with Gasteiger partial charge in [0.2, 0.25) is 0 Å². The van der Waals surface area contributed by atoms with Crippen LogP contribution in [0.3, 0.4) is 0 Å². The number of hydrogen-bond donors (Lipinski definition) is 0. The van der Waals surface area contributed by atoms with Crippen LogP contribution < -0.4 is 0 Å². The van der Waals surface area contributed by atoms with Crippen LogP contribution in [0.25, 0.3) is 0 Å². The third-order valence-corrected chi connectivity index (χ3v) is 5.05. The second kappa shape index (κ2) is 7.61. The molecule has 0 atom stereocenters. The monoisotopic (exact) mass is 350 g/mol. The molecule has 0 radical (unpaired) electrons. The molecule has 0 aliphatic heterocycles. The highest BCUT2D eigenvalue weighted by atomic mass is 32.2. The van der Waals surface area contributed by atoms with Gasteiger partial charge in [-0.15, -0.1) is 0 Å². The number of carbonyl (C=O) groups excluding carboxylic acids is 1. The molecule has 2 aromatic rings. The molecule has 0 saturated heterocycles. The zero-order valence-corrected chi connectivity index (χ0v) is 14.6. The van der Waals surface area contributed by atoms with Gasteiger partial charge in [-0.2, -0.15) is 0 Å². The maximum absolute atomic E-state index is 12.6. The lowest BCUT2D eigenvalue weighted by Crippen LogP contribution is -2.31. The second-order valence-electron chi connectivity index (χ2n) is 5.13. The predicted molar refractivity (Wildman–Crippen MR) is 91.5 cm³/mol. The molecule has 0 saturated carbocycles. The Morgan fingerprint density at radius 2 is 1.87 bits per heavy atom. The zero-order valence-electron chi connectivity index (χ0n) is 13.0. The van der Waals surface area contributed by atoms with Crippen molar-refractivity contribution in [2.75, 3.05) is 25.6 Å². The number of amides is 1. The van der Waals surface area contributed by atoms with Gasteiger partial charge in [0.1, 0.15) is 14.9 Å². The third-order valence-electron chi connectivity index (χ3n) is 3.10. The van der Waals surface area contributed by atoms with Gasteiger partial charge in [0.05, 0.1) is 11.3 Å². The zero-order chi connectivity index (χ0) is 16.9. The summed E-state index contributed by atoms with van der Waals surface area (Å²) >= 11 is 1.41. The number of benzene rings is 1. The third kappa shape index (κ3) is 5.37. The maximum Gasteiger partial charge on any atom is 0.256 e. The van der Waals surface area contributed by atoms with Crippen molar-refractivity contribution >= 4 is 27.5 Å². The Kier molecular flexibility index (Phi) is 5.79. The first kappa shape index (κ1) is 17.5. The Labute approximate surface area is 140 Å².